The van der Waals surface area contributed by atoms with Crippen molar-refractivity contribution in [2.45, 2.75) is 31.2 Å². The Morgan fingerprint density at radius 1 is 1.12 bits per heavy atom. The Morgan fingerprint density at radius 3 is 2.47 bits per heavy atom. The van der Waals surface area contributed by atoms with E-state index in [1.165, 1.54) is 18.0 Å². The molecule has 7 nitrogen and oxygen atoms in total. The lowest BCUT2D eigenvalue weighted by molar-refractivity contribution is -0.137. The van der Waals surface area contributed by atoms with Crippen molar-refractivity contribution >= 4 is 21.5 Å². The molecule has 11 heteroatoms. The van der Waals surface area contributed by atoms with Gasteiger partial charge in [-0.2, -0.15) is 13.2 Å². The van der Waals surface area contributed by atoms with Gasteiger partial charge in [0.15, 0.2) is 5.78 Å². The van der Waals surface area contributed by atoms with E-state index >= 15 is 0 Å². The number of halogens is 3. The number of hydrogen-bond donors (Lipinski definition) is 1. The fourth-order valence-electron chi connectivity index (χ4n) is 3.83. The van der Waals surface area contributed by atoms with Gasteiger partial charge >= 0.3 is 6.18 Å². The molecule has 0 aliphatic carbocycles. The lowest BCUT2D eigenvalue weighted by Crippen LogP contribution is -2.36. The number of fused-ring (bicyclic) bond motifs is 1. The number of rotatable bonds is 5. The maximum Gasteiger partial charge on any atom is 0.416 e. The monoisotopic (exact) mass is 491 g/mol. The molecule has 178 valence electrons. The molecule has 0 bridgehead atoms. The highest BCUT2D eigenvalue weighted by molar-refractivity contribution is 7.91. The maximum atomic E-state index is 13.0. The summed E-state index contributed by atoms with van der Waals surface area (Å²) >= 11 is 0. The number of amides is 1. The molecular formula is C23H20F3N3O4S. The molecule has 1 N–H and O–H groups in total. The SMILES string of the molecule is CCS(=O)(=O)c1nc(C(=O)N2CCc3c(cccc3C(=O)c3ccc(C(F)(F)F)cc3)C2)c[nH]1. The number of sulfone groups is 1. The van der Waals surface area contributed by atoms with Crippen LogP contribution in [0.15, 0.2) is 53.8 Å². The van der Waals surface area contributed by atoms with Gasteiger partial charge in [-0.3, -0.25) is 9.59 Å². The quantitative estimate of drug-likeness (QED) is 0.549. The first-order chi connectivity index (χ1) is 16.0. The predicted octanol–water partition coefficient (Wildman–Crippen LogP) is 3.65. The standard InChI is InChI=1S/C23H20F3N3O4S/c1-2-34(32,33)22-27-12-19(28-22)21(31)29-11-10-17-15(13-29)4-3-5-18(17)20(30)14-6-8-16(9-7-14)23(24,25)26/h3-9,12H,2,10-11,13H2,1H3,(H,27,28). The summed E-state index contributed by atoms with van der Waals surface area (Å²) in [7, 11) is -3.58. The number of benzene rings is 2. The smallest absolute Gasteiger partial charge is 0.335 e. The Hall–Kier alpha value is -3.47. The van der Waals surface area contributed by atoms with Gasteiger partial charge in [0, 0.05) is 30.4 Å². The summed E-state index contributed by atoms with van der Waals surface area (Å²) in [5.41, 5.74) is 1.12. The highest BCUT2D eigenvalue weighted by atomic mass is 32.2. The molecule has 0 atom stereocenters. The van der Waals surface area contributed by atoms with E-state index in [1.54, 1.807) is 18.2 Å². The number of alkyl halides is 3. The lowest BCUT2D eigenvalue weighted by Gasteiger charge is -2.29. The van der Waals surface area contributed by atoms with Gasteiger partial charge in [-0.15, -0.1) is 0 Å². The van der Waals surface area contributed by atoms with Crippen molar-refractivity contribution in [1.82, 2.24) is 14.9 Å². The normalized spacial score (nSPS) is 14.1. The summed E-state index contributed by atoms with van der Waals surface area (Å²) in [4.78, 5) is 33.9. The Morgan fingerprint density at radius 2 is 1.82 bits per heavy atom. The molecule has 4 rings (SSSR count). The second-order valence-electron chi connectivity index (χ2n) is 7.82. The van der Waals surface area contributed by atoms with Gasteiger partial charge in [0.1, 0.15) is 5.69 Å². The first-order valence-electron chi connectivity index (χ1n) is 10.4. The van der Waals surface area contributed by atoms with Gasteiger partial charge < -0.3 is 9.88 Å². The van der Waals surface area contributed by atoms with Crippen molar-refractivity contribution in [3.8, 4) is 0 Å². The Kier molecular flexibility index (Phi) is 6.07. The van der Waals surface area contributed by atoms with E-state index in [0.717, 1.165) is 35.4 Å². The molecule has 2 heterocycles. The minimum absolute atomic E-state index is 0.0209. The van der Waals surface area contributed by atoms with Gasteiger partial charge in [0.2, 0.25) is 15.0 Å². The lowest BCUT2D eigenvalue weighted by atomic mass is 9.90. The molecule has 1 aliphatic heterocycles. The number of nitrogens with one attached hydrogen (secondary N) is 1. The van der Waals surface area contributed by atoms with Crippen LogP contribution in [0, 0.1) is 0 Å². The van der Waals surface area contributed by atoms with E-state index in [1.807, 2.05) is 0 Å². The summed E-state index contributed by atoms with van der Waals surface area (Å²) in [6.07, 6.45) is -2.88. The van der Waals surface area contributed by atoms with Crippen molar-refractivity contribution < 1.29 is 31.2 Å². The zero-order valence-corrected chi connectivity index (χ0v) is 18.8. The van der Waals surface area contributed by atoms with Crippen molar-refractivity contribution in [3.05, 3.63) is 82.2 Å². The molecular weight excluding hydrogens is 471 g/mol. The summed E-state index contributed by atoms with van der Waals surface area (Å²) in [5.74, 6) is -0.993. The number of aromatic nitrogens is 2. The van der Waals surface area contributed by atoms with Crippen LogP contribution in [0.1, 0.15) is 50.0 Å². The van der Waals surface area contributed by atoms with Crippen LogP contribution < -0.4 is 0 Å². The van der Waals surface area contributed by atoms with Gasteiger partial charge in [-0.05, 0) is 29.7 Å². The molecule has 3 aromatic rings. The Labute approximate surface area is 193 Å². The largest absolute Gasteiger partial charge is 0.416 e. The van der Waals surface area contributed by atoms with Gasteiger partial charge in [0.05, 0.1) is 11.3 Å². The van der Waals surface area contributed by atoms with Crippen LogP contribution >= 0.6 is 0 Å². The molecule has 34 heavy (non-hydrogen) atoms. The molecule has 0 unspecified atom stereocenters. The van der Waals surface area contributed by atoms with Crippen LogP contribution in [0.5, 0.6) is 0 Å². The van der Waals surface area contributed by atoms with E-state index in [0.29, 0.717) is 12.0 Å². The van der Waals surface area contributed by atoms with Gasteiger partial charge in [0.25, 0.3) is 5.91 Å². The topological polar surface area (TPSA) is 100 Å². The molecule has 0 spiro atoms. The zero-order chi connectivity index (χ0) is 24.7. The molecule has 0 saturated heterocycles. The first-order valence-corrected chi connectivity index (χ1v) is 12.1. The van der Waals surface area contributed by atoms with E-state index in [2.05, 4.69) is 9.97 Å². The van der Waals surface area contributed by atoms with Crippen LogP contribution in [0.2, 0.25) is 0 Å². The fraction of sp³-hybridized carbons (Fsp3) is 0.261. The van der Waals surface area contributed by atoms with Crippen LogP contribution in [0.4, 0.5) is 13.2 Å². The van der Waals surface area contributed by atoms with Crippen molar-refractivity contribution in [2.24, 2.45) is 0 Å². The van der Waals surface area contributed by atoms with Crippen LogP contribution in [-0.2, 0) is 29.0 Å². The summed E-state index contributed by atoms with van der Waals surface area (Å²) in [6.45, 7) is 1.93. The van der Waals surface area contributed by atoms with E-state index < -0.39 is 33.3 Å². The average molecular weight is 491 g/mol. The maximum absolute atomic E-state index is 13.0. The zero-order valence-electron chi connectivity index (χ0n) is 18.0. The molecule has 0 saturated carbocycles. The fourth-order valence-corrected chi connectivity index (χ4v) is 4.58. The number of H-pyrrole nitrogens is 1. The number of hydrogen-bond acceptors (Lipinski definition) is 5. The van der Waals surface area contributed by atoms with Gasteiger partial charge in [-0.1, -0.05) is 37.3 Å². The highest BCUT2D eigenvalue weighted by Gasteiger charge is 2.31. The molecule has 1 aromatic heterocycles. The summed E-state index contributed by atoms with van der Waals surface area (Å²) < 4.78 is 62.4. The number of imidazole rings is 1. The highest BCUT2D eigenvalue weighted by Crippen LogP contribution is 2.30. The van der Waals surface area contributed by atoms with Gasteiger partial charge in [-0.25, -0.2) is 13.4 Å². The third-order valence-corrected chi connectivity index (χ3v) is 7.28. The molecule has 2 aromatic carbocycles. The second-order valence-corrected chi connectivity index (χ2v) is 10.0. The van der Waals surface area contributed by atoms with E-state index in [-0.39, 0.29) is 35.3 Å². The average Bonchev–Trinajstić information content (AvgIpc) is 3.33. The first kappa shape index (κ1) is 23.7. The molecule has 1 amide bonds. The number of nitrogens with zero attached hydrogens (tertiary/aromatic N) is 2. The second kappa shape index (κ2) is 8.71. The molecule has 1 aliphatic rings. The Bertz CT molecular complexity index is 1360. The van der Waals surface area contributed by atoms with Crippen molar-refractivity contribution in [1.29, 1.82) is 0 Å². The number of ketones is 1. The molecule has 0 fully saturated rings. The van der Waals surface area contributed by atoms with Crippen LogP contribution in [0.25, 0.3) is 0 Å². The minimum Gasteiger partial charge on any atom is -0.335 e. The van der Waals surface area contributed by atoms with Crippen molar-refractivity contribution in [3.63, 3.8) is 0 Å². The third kappa shape index (κ3) is 4.47. The predicted molar refractivity (Wildman–Crippen MR) is 116 cm³/mol. The molecule has 0 radical (unpaired) electrons. The van der Waals surface area contributed by atoms with E-state index in [9.17, 15) is 31.2 Å². The van der Waals surface area contributed by atoms with E-state index in [4.69, 9.17) is 0 Å². The van der Waals surface area contributed by atoms with Crippen LogP contribution in [-0.4, -0.2) is 47.3 Å². The summed E-state index contributed by atoms with van der Waals surface area (Å²) in [6, 6.07) is 9.11. The Balaban J connectivity index is 1.55. The minimum atomic E-state index is -4.49. The summed E-state index contributed by atoms with van der Waals surface area (Å²) in [5, 5.41) is -0.264. The number of aromatic amines is 1. The number of carbonyl (C=O) groups excluding carboxylic acids is 2. The van der Waals surface area contributed by atoms with Crippen molar-refractivity contribution in [2.75, 3.05) is 12.3 Å². The third-order valence-electron chi connectivity index (χ3n) is 5.72. The van der Waals surface area contributed by atoms with Crippen LogP contribution in [0.3, 0.4) is 0 Å². The number of carbonyl (C=O) groups is 2.